The van der Waals surface area contributed by atoms with Gasteiger partial charge in [0.25, 0.3) is 5.91 Å². The summed E-state index contributed by atoms with van der Waals surface area (Å²) >= 11 is 0. The Morgan fingerprint density at radius 1 is 1.32 bits per heavy atom. The van der Waals surface area contributed by atoms with Gasteiger partial charge in [-0.2, -0.15) is 0 Å². The van der Waals surface area contributed by atoms with Crippen molar-refractivity contribution >= 4 is 17.9 Å². The number of carbonyl (C=O) groups is 3. The first kappa shape index (κ1) is 15.9. The number of halogens is 1. The number of ether oxygens (including phenoxy) is 1. The highest BCUT2D eigenvalue weighted by Crippen LogP contribution is 2.28. The van der Waals surface area contributed by atoms with Crippen LogP contribution in [0.5, 0.6) is 0 Å². The number of urea groups is 1. The molecule has 1 aliphatic heterocycles. The van der Waals surface area contributed by atoms with Crippen molar-refractivity contribution in [2.24, 2.45) is 0 Å². The van der Waals surface area contributed by atoms with Crippen LogP contribution in [0.3, 0.4) is 0 Å². The predicted molar refractivity (Wildman–Crippen MR) is 75.2 cm³/mol. The van der Waals surface area contributed by atoms with E-state index in [2.05, 4.69) is 5.32 Å². The number of imide groups is 1. The molecule has 1 aromatic carbocycles. The molecule has 1 unspecified atom stereocenters. The Labute approximate surface area is 127 Å². The van der Waals surface area contributed by atoms with E-state index in [0.29, 0.717) is 5.56 Å². The van der Waals surface area contributed by atoms with Crippen LogP contribution in [0.15, 0.2) is 24.3 Å². The van der Waals surface area contributed by atoms with Gasteiger partial charge in [0.05, 0.1) is 6.10 Å². The van der Waals surface area contributed by atoms with Crippen LogP contribution in [0.2, 0.25) is 0 Å². The van der Waals surface area contributed by atoms with Gasteiger partial charge in [0.1, 0.15) is 17.9 Å². The number of hydrogen-bond donors (Lipinski definition) is 1. The van der Waals surface area contributed by atoms with Crippen LogP contribution in [0.25, 0.3) is 0 Å². The molecule has 1 heterocycles. The van der Waals surface area contributed by atoms with E-state index >= 15 is 0 Å². The summed E-state index contributed by atoms with van der Waals surface area (Å²) in [6.45, 7) is 4.40. The third-order valence-corrected chi connectivity index (χ3v) is 3.35. The largest absolute Gasteiger partial charge is 0.462 e. The van der Waals surface area contributed by atoms with Crippen molar-refractivity contribution in [2.45, 2.75) is 32.4 Å². The van der Waals surface area contributed by atoms with Gasteiger partial charge in [-0.05, 0) is 38.5 Å². The maximum atomic E-state index is 13.0. The second-order valence-electron chi connectivity index (χ2n) is 5.49. The Morgan fingerprint density at radius 3 is 2.45 bits per heavy atom. The Hall–Kier alpha value is -2.44. The zero-order valence-electron chi connectivity index (χ0n) is 12.6. The molecule has 22 heavy (non-hydrogen) atoms. The molecule has 1 saturated heterocycles. The zero-order valence-corrected chi connectivity index (χ0v) is 12.6. The summed E-state index contributed by atoms with van der Waals surface area (Å²) in [5, 5.41) is 2.53. The number of nitrogens with one attached hydrogen (secondary N) is 1. The van der Waals surface area contributed by atoms with E-state index in [1.165, 1.54) is 31.2 Å². The molecule has 0 saturated carbocycles. The van der Waals surface area contributed by atoms with Gasteiger partial charge in [-0.25, -0.2) is 9.18 Å². The lowest BCUT2D eigenvalue weighted by Crippen LogP contribution is -2.41. The van der Waals surface area contributed by atoms with Gasteiger partial charge in [-0.1, -0.05) is 12.1 Å². The zero-order chi connectivity index (χ0) is 16.5. The van der Waals surface area contributed by atoms with Gasteiger partial charge in [0, 0.05) is 0 Å². The number of hydrogen-bond acceptors (Lipinski definition) is 4. The van der Waals surface area contributed by atoms with Crippen molar-refractivity contribution in [2.75, 3.05) is 6.54 Å². The number of carbonyl (C=O) groups excluding carboxylic acids is 3. The lowest BCUT2D eigenvalue weighted by Gasteiger charge is -2.22. The molecule has 3 amide bonds. The van der Waals surface area contributed by atoms with E-state index in [-0.39, 0.29) is 6.10 Å². The fourth-order valence-corrected chi connectivity index (χ4v) is 2.25. The van der Waals surface area contributed by atoms with E-state index in [9.17, 15) is 18.8 Å². The first-order valence-electron chi connectivity index (χ1n) is 6.83. The van der Waals surface area contributed by atoms with E-state index in [1.807, 2.05) is 0 Å². The van der Waals surface area contributed by atoms with Crippen molar-refractivity contribution in [3.8, 4) is 0 Å². The molecule has 1 aromatic rings. The second kappa shape index (κ2) is 5.75. The van der Waals surface area contributed by atoms with E-state index < -0.39 is 35.8 Å². The van der Waals surface area contributed by atoms with Crippen molar-refractivity contribution in [1.29, 1.82) is 0 Å². The van der Waals surface area contributed by atoms with Crippen LogP contribution in [0, 0.1) is 5.82 Å². The minimum Gasteiger partial charge on any atom is -0.462 e. The molecule has 0 aromatic heterocycles. The second-order valence-corrected chi connectivity index (χ2v) is 5.49. The molecule has 0 radical (unpaired) electrons. The Bertz CT molecular complexity index is 614. The monoisotopic (exact) mass is 308 g/mol. The predicted octanol–water partition coefficient (Wildman–Crippen LogP) is 1.54. The minimum absolute atomic E-state index is 0.336. The van der Waals surface area contributed by atoms with Crippen LogP contribution in [-0.2, 0) is 19.9 Å². The molecule has 2 rings (SSSR count). The van der Waals surface area contributed by atoms with Crippen molar-refractivity contribution in [1.82, 2.24) is 10.2 Å². The summed E-state index contributed by atoms with van der Waals surface area (Å²) in [4.78, 5) is 36.9. The van der Waals surface area contributed by atoms with E-state index in [0.717, 1.165) is 4.90 Å². The van der Waals surface area contributed by atoms with Crippen molar-refractivity contribution in [3.63, 3.8) is 0 Å². The third-order valence-electron chi connectivity index (χ3n) is 3.35. The molecular formula is C15H17FN2O4. The number of rotatable bonds is 4. The first-order valence-corrected chi connectivity index (χ1v) is 6.83. The maximum absolute atomic E-state index is 13.0. The van der Waals surface area contributed by atoms with E-state index in [4.69, 9.17) is 4.74 Å². The molecule has 0 spiro atoms. The summed E-state index contributed by atoms with van der Waals surface area (Å²) < 4.78 is 17.9. The molecule has 118 valence electrons. The summed E-state index contributed by atoms with van der Waals surface area (Å²) in [5.74, 6) is -1.69. The van der Waals surface area contributed by atoms with Crippen LogP contribution < -0.4 is 5.32 Å². The van der Waals surface area contributed by atoms with Gasteiger partial charge >= 0.3 is 12.0 Å². The summed E-state index contributed by atoms with van der Waals surface area (Å²) in [7, 11) is 0. The van der Waals surface area contributed by atoms with Crippen LogP contribution in [-0.4, -0.2) is 35.5 Å². The lowest BCUT2D eigenvalue weighted by atomic mass is 9.92. The molecule has 1 fully saturated rings. The topological polar surface area (TPSA) is 75.7 Å². The summed E-state index contributed by atoms with van der Waals surface area (Å²) in [5.41, 5.74) is -0.893. The summed E-state index contributed by atoms with van der Waals surface area (Å²) in [6, 6.07) is 4.57. The molecule has 1 N–H and O–H groups in total. The highest BCUT2D eigenvalue weighted by atomic mass is 19.1. The molecule has 0 aliphatic carbocycles. The Kier molecular flexibility index (Phi) is 4.16. The van der Waals surface area contributed by atoms with Gasteiger partial charge in [-0.15, -0.1) is 0 Å². The van der Waals surface area contributed by atoms with Crippen LogP contribution in [0.1, 0.15) is 26.3 Å². The van der Waals surface area contributed by atoms with E-state index in [1.54, 1.807) is 13.8 Å². The molecule has 6 nitrogen and oxygen atoms in total. The fraction of sp³-hybridized carbons (Fsp3) is 0.400. The molecular weight excluding hydrogens is 291 g/mol. The van der Waals surface area contributed by atoms with Crippen molar-refractivity contribution in [3.05, 3.63) is 35.6 Å². The number of benzene rings is 1. The average Bonchev–Trinajstić information content (AvgIpc) is 2.63. The smallest absolute Gasteiger partial charge is 0.326 e. The normalized spacial score (nSPS) is 21.2. The Morgan fingerprint density at radius 2 is 1.91 bits per heavy atom. The molecule has 1 aliphatic rings. The fourth-order valence-electron chi connectivity index (χ4n) is 2.25. The minimum atomic E-state index is -1.33. The maximum Gasteiger partial charge on any atom is 0.326 e. The molecule has 0 bridgehead atoms. The molecule has 1 atom stereocenters. The van der Waals surface area contributed by atoms with Crippen LogP contribution >= 0.6 is 0 Å². The number of nitrogens with zero attached hydrogens (tertiary/aromatic N) is 1. The number of amides is 3. The van der Waals surface area contributed by atoms with Crippen LogP contribution in [0.4, 0.5) is 9.18 Å². The molecule has 7 heteroatoms. The first-order chi connectivity index (χ1) is 10.2. The SMILES string of the molecule is CC(C)OC(=O)CN1C(=O)NC(C)(c2ccc(F)cc2)C1=O. The quantitative estimate of drug-likeness (QED) is 0.676. The summed E-state index contributed by atoms with van der Waals surface area (Å²) in [6.07, 6.45) is -0.336. The van der Waals surface area contributed by atoms with Gasteiger partial charge < -0.3 is 10.1 Å². The third kappa shape index (κ3) is 2.93. The average molecular weight is 308 g/mol. The van der Waals surface area contributed by atoms with Gasteiger partial charge in [-0.3, -0.25) is 14.5 Å². The lowest BCUT2D eigenvalue weighted by molar-refractivity contribution is -0.150. The standard InChI is InChI=1S/C15H17FN2O4/c1-9(2)22-12(19)8-18-13(20)15(3,17-14(18)21)10-4-6-11(16)7-5-10/h4-7,9H,8H2,1-3H3,(H,17,21). The highest BCUT2D eigenvalue weighted by molar-refractivity contribution is 6.08. The number of esters is 1. The van der Waals surface area contributed by atoms with Crippen molar-refractivity contribution < 1.29 is 23.5 Å². The Balaban J connectivity index is 2.20. The van der Waals surface area contributed by atoms with Gasteiger partial charge in [0.2, 0.25) is 0 Å². The highest BCUT2D eigenvalue weighted by Gasteiger charge is 2.49. The van der Waals surface area contributed by atoms with Gasteiger partial charge in [0.15, 0.2) is 0 Å².